The average molecular weight is 415 g/mol. The van der Waals surface area contributed by atoms with Gasteiger partial charge in [0.05, 0.1) is 25.3 Å². The van der Waals surface area contributed by atoms with Crippen molar-refractivity contribution < 1.29 is 23.8 Å². The summed E-state index contributed by atoms with van der Waals surface area (Å²) in [6, 6.07) is 21.7. The van der Waals surface area contributed by atoms with Gasteiger partial charge in [0.1, 0.15) is 5.56 Å². The van der Waals surface area contributed by atoms with E-state index in [1.165, 1.54) is 19.2 Å². The second-order valence-corrected chi connectivity index (χ2v) is 6.54. The van der Waals surface area contributed by atoms with Crippen LogP contribution in [0.2, 0.25) is 0 Å². The average Bonchev–Trinajstić information content (AvgIpc) is 2.83. The van der Waals surface area contributed by atoms with Crippen LogP contribution in [-0.4, -0.2) is 32.1 Å². The molecule has 3 rings (SSSR count). The van der Waals surface area contributed by atoms with Gasteiger partial charge in [-0.1, -0.05) is 54.6 Å². The van der Waals surface area contributed by atoms with Gasteiger partial charge in [0.2, 0.25) is 0 Å². The zero-order valence-electron chi connectivity index (χ0n) is 17.3. The molecule has 0 unspecified atom stereocenters. The molecule has 0 amide bonds. The number of ketones is 1. The Bertz CT molecular complexity index is 1120. The molecular weight excluding hydrogens is 394 g/mol. The van der Waals surface area contributed by atoms with Crippen molar-refractivity contribution in [3.05, 3.63) is 83.4 Å². The van der Waals surface area contributed by atoms with Gasteiger partial charge in [-0.15, -0.1) is 0 Å². The highest BCUT2D eigenvalue weighted by molar-refractivity contribution is 6.00. The molecule has 3 aromatic carbocycles. The summed E-state index contributed by atoms with van der Waals surface area (Å²) in [6.07, 6.45) is 0. The summed E-state index contributed by atoms with van der Waals surface area (Å²) in [7, 11) is 1.41. The summed E-state index contributed by atoms with van der Waals surface area (Å²) < 4.78 is 15.9. The molecule has 0 radical (unpaired) electrons. The quantitative estimate of drug-likeness (QED) is 0.392. The molecule has 0 N–H and O–H groups in total. The van der Waals surface area contributed by atoms with Crippen molar-refractivity contribution >= 4 is 11.8 Å². The number of rotatable bonds is 8. The number of hydrogen-bond acceptors (Lipinski definition) is 6. The molecule has 31 heavy (non-hydrogen) atoms. The first kappa shape index (κ1) is 21.6. The van der Waals surface area contributed by atoms with Gasteiger partial charge in [0.25, 0.3) is 0 Å². The van der Waals surface area contributed by atoms with Crippen molar-refractivity contribution in [3.8, 4) is 28.7 Å². The molecule has 3 aromatic rings. The molecule has 0 atom stereocenters. The van der Waals surface area contributed by atoms with Crippen molar-refractivity contribution in [2.45, 2.75) is 6.92 Å². The Morgan fingerprint density at radius 2 is 1.65 bits per heavy atom. The van der Waals surface area contributed by atoms with Gasteiger partial charge in [0, 0.05) is 11.6 Å². The summed E-state index contributed by atoms with van der Waals surface area (Å²) in [5.74, 6) is -0.688. The summed E-state index contributed by atoms with van der Waals surface area (Å²) >= 11 is 0. The minimum absolute atomic E-state index is 0.0324. The normalized spacial score (nSPS) is 10.1. The highest BCUT2D eigenvalue weighted by Crippen LogP contribution is 2.33. The number of esters is 1. The summed E-state index contributed by atoms with van der Waals surface area (Å²) in [4.78, 5) is 25.1. The van der Waals surface area contributed by atoms with Crippen LogP contribution in [0.15, 0.2) is 66.7 Å². The van der Waals surface area contributed by atoms with Gasteiger partial charge in [-0.2, -0.15) is 5.26 Å². The van der Waals surface area contributed by atoms with Gasteiger partial charge in [-0.05, 0) is 24.1 Å². The van der Waals surface area contributed by atoms with Crippen molar-refractivity contribution in [1.82, 2.24) is 0 Å². The van der Waals surface area contributed by atoms with Crippen molar-refractivity contribution in [2.75, 3.05) is 20.3 Å². The third-order valence-electron chi connectivity index (χ3n) is 4.56. The van der Waals surface area contributed by atoms with E-state index < -0.39 is 12.6 Å². The standard InChI is InChI=1S/C25H21NO5/c1-3-30-24-21(13-17(15-26)14-23(24)29-2)25(28)31-16-22(27)20-11-9-19(10-12-20)18-7-5-4-6-8-18/h4-14H,3,16H2,1-2H3. The lowest BCUT2D eigenvalue weighted by Gasteiger charge is -2.14. The molecule has 0 bridgehead atoms. The molecule has 0 aliphatic heterocycles. The minimum atomic E-state index is -0.770. The van der Waals surface area contributed by atoms with E-state index in [9.17, 15) is 14.9 Å². The number of Topliss-reactive ketones (excluding diaryl/α,β-unsaturated/α-hetero) is 1. The van der Waals surface area contributed by atoms with E-state index in [4.69, 9.17) is 14.2 Å². The molecule has 0 saturated heterocycles. The Hall–Kier alpha value is -4.11. The molecule has 0 aliphatic carbocycles. The maximum atomic E-state index is 12.6. The van der Waals surface area contributed by atoms with E-state index >= 15 is 0 Å². The predicted octanol–water partition coefficient (Wildman–Crippen LogP) is 4.67. The fourth-order valence-corrected chi connectivity index (χ4v) is 3.03. The predicted molar refractivity (Wildman–Crippen MR) is 115 cm³/mol. The Morgan fingerprint density at radius 1 is 0.968 bits per heavy atom. The van der Waals surface area contributed by atoms with Gasteiger partial charge in [-0.3, -0.25) is 4.79 Å². The van der Waals surface area contributed by atoms with E-state index in [2.05, 4.69) is 0 Å². The van der Waals surface area contributed by atoms with Crippen LogP contribution in [0.5, 0.6) is 11.5 Å². The molecule has 0 spiro atoms. The molecule has 0 fully saturated rings. The maximum absolute atomic E-state index is 12.6. The molecular formula is C25H21NO5. The highest BCUT2D eigenvalue weighted by Gasteiger charge is 2.21. The van der Waals surface area contributed by atoms with E-state index in [-0.39, 0.29) is 35.0 Å². The lowest BCUT2D eigenvalue weighted by molar-refractivity contribution is 0.0470. The highest BCUT2D eigenvalue weighted by atomic mass is 16.5. The van der Waals surface area contributed by atoms with Crippen molar-refractivity contribution in [1.29, 1.82) is 5.26 Å². The third-order valence-corrected chi connectivity index (χ3v) is 4.56. The fourth-order valence-electron chi connectivity index (χ4n) is 3.03. The number of nitrogens with zero attached hydrogens (tertiary/aromatic N) is 1. The second kappa shape index (κ2) is 10.1. The molecule has 0 aromatic heterocycles. The number of nitriles is 1. The van der Waals surface area contributed by atoms with Crippen LogP contribution in [0, 0.1) is 11.3 Å². The summed E-state index contributed by atoms with van der Waals surface area (Å²) in [5.41, 5.74) is 2.71. The third kappa shape index (κ3) is 5.09. The number of ether oxygens (including phenoxy) is 3. The lowest BCUT2D eigenvalue weighted by atomic mass is 10.0. The number of carbonyl (C=O) groups is 2. The Balaban J connectivity index is 1.73. The first-order valence-corrected chi connectivity index (χ1v) is 9.68. The maximum Gasteiger partial charge on any atom is 0.342 e. The minimum Gasteiger partial charge on any atom is -0.493 e. The Labute approximate surface area is 180 Å². The zero-order valence-corrected chi connectivity index (χ0v) is 17.3. The van der Waals surface area contributed by atoms with Crippen LogP contribution in [0.3, 0.4) is 0 Å². The van der Waals surface area contributed by atoms with Crippen molar-refractivity contribution in [2.24, 2.45) is 0 Å². The van der Waals surface area contributed by atoms with Gasteiger partial charge in [0.15, 0.2) is 23.9 Å². The smallest absolute Gasteiger partial charge is 0.342 e. The largest absolute Gasteiger partial charge is 0.493 e. The van der Waals surface area contributed by atoms with Crippen LogP contribution in [0.4, 0.5) is 0 Å². The Kier molecular flexibility index (Phi) is 7.02. The molecule has 156 valence electrons. The second-order valence-electron chi connectivity index (χ2n) is 6.54. The molecule has 0 aliphatic rings. The van der Waals surface area contributed by atoms with E-state index in [0.717, 1.165) is 11.1 Å². The summed E-state index contributed by atoms with van der Waals surface area (Å²) in [6.45, 7) is 1.61. The number of benzene rings is 3. The zero-order chi connectivity index (χ0) is 22.2. The van der Waals surface area contributed by atoms with Gasteiger partial charge in [-0.25, -0.2) is 4.79 Å². The van der Waals surface area contributed by atoms with Gasteiger partial charge >= 0.3 is 5.97 Å². The van der Waals surface area contributed by atoms with Crippen molar-refractivity contribution in [3.63, 3.8) is 0 Å². The lowest BCUT2D eigenvalue weighted by Crippen LogP contribution is -2.15. The molecule has 0 saturated carbocycles. The first-order valence-electron chi connectivity index (χ1n) is 9.68. The van der Waals surface area contributed by atoms with Gasteiger partial charge < -0.3 is 14.2 Å². The van der Waals surface area contributed by atoms with Crippen LogP contribution in [0.1, 0.15) is 33.2 Å². The van der Waals surface area contributed by atoms with Crippen LogP contribution < -0.4 is 9.47 Å². The topological polar surface area (TPSA) is 85.6 Å². The fraction of sp³-hybridized carbons (Fsp3) is 0.160. The SMILES string of the molecule is CCOc1c(OC)cc(C#N)cc1C(=O)OCC(=O)c1ccc(-c2ccccc2)cc1. The number of hydrogen-bond donors (Lipinski definition) is 0. The number of methoxy groups -OCH3 is 1. The Morgan fingerprint density at radius 3 is 2.26 bits per heavy atom. The molecule has 0 heterocycles. The number of carbonyl (C=O) groups excluding carboxylic acids is 2. The monoisotopic (exact) mass is 415 g/mol. The van der Waals surface area contributed by atoms with Crippen LogP contribution in [0.25, 0.3) is 11.1 Å². The van der Waals surface area contributed by atoms with Crippen LogP contribution >= 0.6 is 0 Å². The van der Waals surface area contributed by atoms with E-state index in [1.807, 2.05) is 48.5 Å². The summed E-state index contributed by atoms with van der Waals surface area (Å²) in [5, 5.41) is 9.20. The van der Waals surface area contributed by atoms with Crippen LogP contribution in [-0.2, 0) is 4.74 Å². The van der Waals surface area contributed by atoms with E-state index in [1.54, 1.807) is 19.1 Å². The molecule has 6 heteroatoms. The van der Waals surface area contributed by atoms with E-state index in [0.29, 0.717) is 5.56 Å². The first-order chi connectivity index (χ1) is 15.1. The molecule has 6 nitrogen and oxygen atoms in total.